The lowest BCUT2D eigenvalue weighted by Crippen LogP contribution is -2.39. The Balaban J connectivity index is 1.86. The molecule has 0 radical (unpaired) electrons. The smallest absolute Gasteiger partial charge is 0.191 e. The first-order chi connectivity index (χ1) is 12.9. The molecule has 9 heteroatoms. The van der Waals surface area contributed by atoms with Crippen molar-refractivity contribution in [3.63, 3.8) is 0 Å². The number of hydrogen-bond donors (Lipinski definition) is 3. The number of guanidine groups is 1. The highest BCUT2D eigenvalue weighted by Gasteiger charge is 2.20. The Morgan fingerprint density at radius 2 is 2.11 bits per heavy atom. The molecule has 6 nitrogen and oxygen atoms in total. The minimum absolute atomic E-state index is 0.00287. The number of aliphatic hydroxyl groups excluding tert-OH is 1. The number of nitrogens with zero attached hydrogens (tertiary/aromatic N) is 1. The van der Waals surface area contributed by atoms with Crippen molar-refractivity contribution in [2.24, 2.45) is 4.99 Å². The molecule has 2 rings (SSSR count). The summed E-state index contributed by atoms with van der Waals surface area (Å²) in [6.45, 7) is 3.23. The van der Waals surface area contributed by atoms with Crippen LogP contribution < -0.4 is 10.6 Å². The predicted octanol–water partition coefficient (Wildman–Crippen LogP) is 2.33. The molecule has 1 aromatic heterocycles. The number of halogens is 1. The van der Waals surface area contributed by atoms with Gasteiger partial charge in [-0.3, -0.25) is 4.99 Å². The van der Waals surface area contributed by atoms with Crippen molar-refractivity contribution in [3.8, 4) is 0 Å². The lowest BCUT2D eigenvalue weighted by atomic mass is 10.1. The van der Waals surface area contributed by atoms with Gasteiger partial charge in [-0.05, 0) is 42.5 Å². The molecule has 0 amide bonds. The van der Waals surface area contributed by atoms with E-state index in [4.69, 9.17) is 11.6 Å². The van der Waals surface area contributed by atoms with Crippen molar-refractivity contribution in [1.82, 2.24) is 10.6 Å². The molecule has 1 heterocycles. The first kappa shape index (κ1) is 21.7. The van der Waals surface area contributed by atoms with E-state index in [-0.39, 0.29) is 16.5 Å². The molecule has 0 bridgehead atoms. The summed E-state index contributed by atoms with van der Waals surface area (Å²) < 4.78 is 24.6. The van der Waals surface area contributed by atoms with Crippen LogP contribution in [-0.2, 0) is 16.3 Å². The minimum Gasteiger partial charge on any atom is -0.390 e. The maximum absolute atomic E-state index is 12.2. The standard InChI is InChI=1S/C18H24ClN3O3S2/c1-2-20-18(21-9-8-14-5-3-6-15(19)11-14)22-12-16(23)13-27(24,25)17-7-4-10-26-17/h3-7,10-11,16,23H,2,8-9,12-13H2,1H3,(H2,20,21,22). The van der Waals surface area contributed by atoms with E-state index in [9.17, 15) is 13.5 Å². The van der Waals surface area contributed by atoms with Crippen LogP contribution in [-0.4, -0.2) is 51.0 Å². The van der Waals surface area contributed by atoms with Crippen LogP contribution in [0, 0.1) is 0 Å². The van der Waals surface area contributed by atoms with Crippen molar-refractivity contribution < 1.29 is 13.5 Å². The van der Waals surface area contributed by atoms with E-state index in [1.165, 1.54) is 6.07 Å². The van der Waals surface area contributed by atoms with E-state index in [1.807, 2.05) is 31.2 Å². The number of sulfone groups is 1. The second-order valence-corrected chi connectivity index (χ2v) is 9.54. The lowest BCUT2D eigenvalue weighted by Gasteiger charge is -2.13. The number of nitrogens with one attached hydrogen (secondary N) is 2. The van der Waals surface area contributed by atoms with Crippen molar-refractivity contribution in [3.05, 3.63) is 52.4 Å². The summed E-state index contributed by atoms with van der Waals surface area (Å²) in [4.78, 5) is 4.28. The van der Waals surface area contributed by atoms with Crippen LogP contribution in [0.5, 0.6) is 0 Å². The molecule has 0 fully saturated rings. The fourth-order valence-electron chi connectivity index (χ4n) is 2.38. The second kappa shape index (κ2) is 10.7. The van der Waals surface area contributed by atoms with Crippen molar-refractivity contribution in [1.29, 1.82) is 0 Å². The molecule has 0 saturated heterocycles. The summed E-state index contributed by atoms with van der Waals surface area (Å²) in [7, 11) is -3.49. The summed E-state index contributed by atoms with van der Waals surface area (Å²) in [6, 6.07) is 10.9. The van der Waals surface area contributed by atoms with Crippen LogP contribution in [0.3, 0.4) is 0 Å². The molecule has 148 valence electrons. The Hall–Kier alpha value is -1.61. The molecule has 1 atom stereocenters. The third-order valence-electron chi connectivity index (χ3n) is 3.61. The molecule has 2 aromatic rings. The second-order valence-electron chi connectivity index (χ2n) is 5.89. The van der Waals surface area contributed by atoms with Gasteiger partial charge in [0.05, 0.1) is 18.4 Å². The first-order valence-electron chi connectivity index (χ1n) is 8.61. The number of aliphatic imine (C=N–C) groups is 1. The number of rotatable bonds is 9. The zero-order valence-corrected chi connectivity index (χ0v) is 17.4. The van der Waals surface area contributed by atoms with Gasteiger partial charge in [0.1, 0.15) is 4.21 Å². The fraction of sp³-hybridized carbons (Fsp3) is 0.389. The number of thiophene rings is 1. The van der Waals surface area contributed by atoms with Crippen LogP contribution in [0.2, 0.25) is 5.02 Å². The highest BCUT2D eigenvalue weighted by molar-refractivity contribution is 7.93. The van der Waals surface area contributed by atoms with Crippen LogP contribution in [0.25, 0.3) is 0 Å². The molecule has 0 aliphatic heterocycles. The third-order valence-corrected chi connectivity index (χ3v) is 7.13. The van der Waals surface area contributed by atoms with E-state index in [1.54, 1.807) is 11.4 Å². The first-order valence-corrected chi connectivity index (χ1v) is 11.5. The van der Waals surface area contributed by atoms with Gasteiger partial charge >= 0.3 is 0 Å². The van der Waals surface area contributed by atoms with Crippen molar-refractivity contribution >= 4 is 38.7 Å². The Morgan fingerprint density at radius 3 is 2.78 bits per heavy atom. The highest BCUT2D eigenvalue weighted by Crippen LogP contribution is 2.18. The molecular formula is C18H24ClN3O3S2. The van der Waals surface area contributed by atoms with Gasteiger partial charge in [0.25, 0.3) is 0 Å². The van der Waals surface area contributed by atoms with E-state index in [0.29, 0.717) is 24.1 Å². The van der Waals surface area contributed by atoms with Gasteiger partial charge in [0.2, 0.25) is 0 Å². The summed E-state index contributed by atoms with van der Waals surface area (Å²) in [5, 5.41) is 18.7. The summed E-state index contributed by atoms with van der Waals surface area (Å²) in [5.74, 6) is 0.186. The van der Waals surface area contributed by atoms with E-state index in [0.717, 1.165) is 23.3 Å². The van der Waals surface area contributed by atoms with Gasteiger partial charge in [-0.25, -0.2) is 8.42 Å². The average Bonchev–Trinajstić information content (AvgIpc) is 3.15. The summed E-state index contributed by atoms with van der Waals surface area (Å²) in [5.41, 5.74) is 1.10. The topological polar surface area (TPSA) is 90.8 Å². The molecule has 27 heavy (non-hydrogen) atoms. The molecule has 0 aliphatic rings. The van der Waals surface area contributed by atoms with E-state index < -0.39 is 15.9 Å². The fourth-order valence-corrected chi connectivity index (χ4v) is 5.07. The monoisotopic (exact) mass is 429 g/mol. The Bertz CT molecular complexity index is 839. The summed E-state index contributed by atoms with van der Waals surface area (Å²) in [6.07, 6.45) is -0.305. The highest BCUT2D eigenvalue weighted by atomic mass is 35.5. The molecule has 1 aromatic carbocycles. The molecule has 3 N–H and O–H groups in total. The van der Waals surface area contributed by atoms with Crippen LogP contribution in [0.1, 0.15) is 12.5 Å². The molecular weight excluding hydrogens is 406 g/mol. The number of hydrogen-bond acceptors (Lipinski definition) is 5. The summed E-state index contributed by atoms with van der Waals surface area (Å²) >= 11 is 7.12. The SMILES string of the molecule is CCNC(=NCC(O)CS(=O)(=O)c1cccs1)NCCc1cccc(Cl)c1. The normalized spacial score (nSPS) is 13.4. The van der Waals surface area contributed by atoms with Crippen LogP contribution >= 0.6 is 22.9 Å². The van der Waals surface area contributed by atoms with Gasteiger partial charge in [0.15, 0.2) is 15.8 Å². The van der Waals surface area contributed by atoms with E-state index >= 15 is 0 Å². The van der Waals surface area contributed by atoms with Crippen LogP contribution in [0.15, 0.2) is 51.0 Å². The average molecular weight is 430 g/mol. The third kappa shape index (κ3) is 7.50. The van der Waals surface area contributed by atoms with Crippen LogP contribution in [0.4, 0.5) is 0 Å². The number of aliphatic hydroxyl groups is 1. The van der Waals surface area contributed by atoms with Crippen molar-refractivity contribution in [2.75, 3.05) is 25.4 Å². The largest absolute Gasteiger partial charge is 0.390 e. The lowest BCUT2D eigenvalue weighted by molar-refractivity contribution is 0.206. The molecule has 1 unspecified atom stereocenters. The van der Waals surface area contributed by atoms with E-state index in [2.05, 4.69) is 15.6 Å². The molecule has 0 aliphatic carbocycles. The molecule has 0 spiro atoms. The predicted molar refractivity (Wildman–Crippen MR) is 112 cm³/mol. The van der Waals surface area contributed by atoms with Gasteiger partial charge < -0.3 is 15.7 Å². The molecule has 0 saturated carbocycles. The zero-order chi connectivity index (χ0) is 19.7. The van der Waals surface area contributed by atoms with Gasteiger partial charge in [0, 0.05) is 18.1 Å². The van der Waals surface area contributed by atoms with Gasteiger partial charge in [-0.1, -0.05) is 29.8 Å². The maximum atomic E-state index is 12.2. The quantitative estimate of drug-likeness (QED) is 0.420. The van der Waals surface area contributed by atoms with Gasteiger partial charge in [-0.15, -0.1) is 11.3 Å². The Labute approximate surface area is 169 Å². The number of benzene rings is 1. The Morgan fingerprint density at radius 1 is 1.30 bits per heavy atom. The van der Waals surface area contributed by atoms with Crippen molar-refractivity contribution in [2.45, 2.75) is 23.7 Å². The van der Waals surface area contributed by atoms with Gasteiger partial charge in [-0.2, -0.15) is 0 Å². The maximum Gasteiger partial charge on any atom is 0.191 e. The Kier molecular flexibility index (Phi) is 8.56. The minimum atomic E-state index is -3.49. The zero-order valence-electron chi connectivity index (χ0n) is 15.1.